The van der Waals surface area contributed by atoms with Crippen LogP contribution in [-0.4, -0.2) is 45.7 Å². The van der Waals surface area contributed by atoms with Gasteiger partial charge in [0.25, 0.3) is 0 Å². The number of nitrogens with one attached hydrogen (secondary N) is 1. The van der Waals surface area contributed by atoms with Gasteiger partial charge in [-0.1, -0.05) is 0 Å². The molecule has 8 heteroatoms. The van der Waals surface area contributed by atoms with E-state index in [9.17, 15) is 13.9 Å². The third-order valence-electron chi connectivity index (χ3n) is 4.85. The van der Waals surface area contributed by atoms with E-state index in [0.29, 0.717) is 17.2 Å². The number of rotatable bonds is 6. The Morgan fingerprint density at radius 3 is 2.62 bits per heavy atom. The number of nitrogens with zero attached hydrogens (tertiary/aromatic N) is 3. The van der Waals surface area contributed by atoms with Crippen molar-refractivity contribution >= 4 is 16.9 Å². The van der Waals surface area contributed by atoms with Gasteiger partial charge in [-0.25, -0.2) is 23.7 Å². The monoisotopic (exact) mass is 366 g/mol. The molecule has 0 radical (unpaired) electrons. The maximum Gasteiger partial charge on any atom is 0.240 e. The van der Waals surface area contributed by atoms with E-state index in [1.807, 2.05) is 0 Å². The van der Waals surface area contributed by atoms with Gasteiger partial charge in [-0.3, -0.25) is 0 Å². The molecule has 142 valence electrons. The van der Waals surface area contributed by atoms with Crippen LogP contribution in [0.2, 0.25) is 0 Å². The van der Waals surface area contributed by atoms with Crippen LogP contribution in [0.3, 0.4) is 0 Å². The second-order valence-electron chi connectivity index (χ2n) is 6.86. The number of halogens is 2. The summed E-state index contributed by atoms with van der Waals surface area (Å²) in [4.78, 5) is 13.2. The van der Waals surface area contributed by atoms with Gasteiger partial charge in [-0.2, -0.15) is 0 Å². The molecule has 2 aromatic rings. The molecule has 2 N–H and O–H groups in total. The Bertz CT molecular complexity index is 751. The van der Waals surface area contributed by atoms with Gasteiger partial charge in [0.1, 0.15) is 0 Å². The van der Waals surface area contributed by atoms with Crippen LogP contribution in [-0.2, 0) is 0 Å². The van der Waals surface area contributed by atoms with E-state index in [0.717, 1.165) is 36.8 Å². The minimum Gasteiger partial charge on any atom is -0.480 e. The second-order valence-corrected chi connectivity index (χ2v) is 6.86. The zero-order valence-electron chi connectivity index (χ0n) is 15.0. The lowest BCUT2D eigenvalue weighted by Crippen LogP contribution is -2.20. The van der Waals surface area contributed by atoms with Crippen molar-refractivity contribution in [3.05, 3.63) is 18.0 Å². The first-order valence-corrected chi connectivity index (χ1v) is 8.90. The third kappa shape index (κ3) is 4.17. The molecular weight excluding hydrogens is 342 g/mol. The molecule has 0 amide bonds. The first kappa shape index (κ1) is 18.7. The first-order valence-electron chi connectivity index (χ1n) is 8.90. The summed E-state index contributed by atoms with van der Waals surface area (Å²) >= 11 is 0. The molecule has 0 aromatic carbocycles. The Hall–Kier alpha value is -2.09. The number of anilines is 1. The maximum absolute atomic E-state index is 12.6. The lowest BCUT2D eigenvalue weighted by Gasteiger charge is -2.26. The smallest absolute Gasteiger partial charge is 0.240 e. The van der Waals surface area contributed by atoms with Crippen molar-refractivity contribution in [2.75, 3.05) is 12.4 Å². The summed E-state index contributed by atoms with van der Waals surface area (Å²) in [7, 11) is 1.54. The van der Waals surface area contributed by atoms with Crippen molar-refractivity contribution in [3.63, 3.8) is 0 Å². The molecule has 0 spiro atoms. The molecule has 0 unspecified atom stereocenters. The minimum atomic E-state index is -2.38. The van der Waals surface area contributed by atoms with Gasteiger partial charge in [0.2, 0.25) is 18.3 Å². The van der Waals surface area contributed by atoms with Gasteiger partial charge >= 0.3 is 0 Å². The molecule has 1 aliphatic carbocycles. The number of aromatic nitrogens is 3. The molecule has 1 aliphatic rings. The Labute approximate surface area is 151 Å². The normalized spacial score (nSPS) is 21.8. The molecular formula is C18H24F2N4O2. The van der Waals surface area contributed by atoms with Gasteiger partial charge < -0.3 is 15.2 Å². The van der Waals surface area contributed by atoms with Crippen LogP contribution in [0.25, 0.3) is 10.9 Å². The number of aliphatic hydroxyl groups is 1. The van der Waals surface area contributed by atoms with Crippen LogP contribution in [0.4, 0.5) is 14.7 Å². The molecule has 3 rings (SSSR count). The summed E-state index contributed by atoms with van der Waals surface area (Å²) in [5, 5.41) is 13.4. The van der Waals surface area contributed by atoms with Gasteiger partial charge in [0, 0.05) is 30.4 Å². The fourth-order valence-corrected chi connectivity index (χ4v) is 3.48. The molecule has 0 aliphatic heterocycles. The van der Waals surface area contributed by atoms with E-state index < -0.39 is 12.5 Å². The summed E-state index contributed by atoms with van der Waals surface area (Å²) in [5.41, 5.74) is 1.71. The molecule has 1 fully saturated rings. The van der Waals surface area contributed by atoms with Gasteiger partial charge in [0.15, 0.2) is 0 Å². The zero-order valence-corrected chi connectivity index (χ0v) is 15.0. The number of hydrogen-bond donors (Lipinski definition) is 2. The lowest BCUT2D eigenvalue weighted by atomic mass is 9.83. The van der Waals surface area contributed by atoms with Crippen LogP contribution in [0.1, 0.15) is 50.5 Å². The number of alkyl halides is 2. The molecule has 0 saturated heterocycles. The van der Waals surface area contributed by atoms with Crippen molar-refractivity contribution in [1.29, 1.82) is 0 Å². The predicted octanol–water partition coefficient (Wildman–Crippen LogP) is 3.51. The van der Waals surface area contributed by atoms with E-state index in [1.165, 1.54) is 7.11 Å². The summed E-state index contributed by atoms with van der Waals surface area (Å²) in [5.74, 6) is 1.00. The molecule has 26 heavy (non-hydrogen) atoms. The number of fused-ring (bicyclic) bond motifs is 1. The van der Waals surface area contributed by atoms with Gasteiger partial charge in [-0.15, -0.1) is 0 Å². The summed E-state index contributed by atoms with van der Waals surface area (Å²) in [6.07, 6.45) is 3.71. The molecule has 2 aromatic heterocycles. The van der Waals surface area contributed by atoms with Crippen molar-refractivity contribution < 1.29 is 18.6 Å². The third-order valence-corrected chi connectivity index (χ3v) is 4.85. The Morgan fingerprint density at radius 1 is 1.23 bits per heavy atom. The Kier molecular flexibility index (Phi) is 5.80. The number of methoxy groups -OCH3 is 1. The van der Waals surface area contributed by atoms with Crippen molar-refractivity contribution in [1.82, 2.24) is 15.0 Å². The van der Waals surface area contributed by atoms with E-state index >= 15 is 0 Å². The van der Waals surface area contributed by atoms with E-state index in [2.05, 4.69) is 20.3 Å². The minimum absolute atomic E-state index is 0.245. The zero-order chi connectivity index (χ0) is 18.7. The van der Waals surface area contributed by atoms with Crippen LogP contribution >= 0.6 is 0 Å². The first-order chi connectivity index (χ1) is 12.5. The average molecular weight is 366 g/mol. The standard InChI is InChI=1S/C18H24F2N4O2/c1-10(7-15(19)20)23-18-22-9-14-16(24-18)13(8-21-17(14)26-2)11-3-5-12(25)6-4-11/h8-12,15,25H,3-7H2,1-2H3,(H,22,23,24)/t10-,11?,12?/m0/s1. The van der Waals surface area contributed by atoms with Crippen LogP contribution in [0.5, 0.6) is 5.88 Å². The van der Waals surface area contributed by atoms with E-state index in [1.54, 1.807) is 19.3 Å². The highest BCUT2D eigenvalue weighted by atomic mass is 19.3. The number of pyridine rings is 1. The Morgan fingerprint density at radius 2 is 1.96 bits per heavy atom. The van der Waals surface area contributed by atoms with Crippen molar-refractivity contribution in [2.45, 2.75) is 63.5 Å². The molecule has 0 bridgehead atoms. The lowest BCUT2D eigenvalue weighted by molar-refractivity contribution is 0.122. The predicted molar refractivity (Wildman–Crippen MR) is 94.8 cm³/mol. The summed E-state index contributed by atoms with van der Waals surface area (Å²) in [6.45, 7) is 1.68. The van der Waals surface area contributed by atoms with Crippen molar-refractivity contribution in [3.8, 4) is 5.88 Å². The van der Waals surface area contributed by atoms with Gasteiger partial charge in [-0.05, 0) is 38.5 Å². The summed E-state index contributed by atoms with van der Waals surface area (Å²) < 4.78 is 30.4. The van der Waals surface area contributed by atoms with E-state index in [-0.39, 0.29) is 18.4 Å². The highest BCUT2D eigenvalue weighted by Crippen LogP contribution is 2.37. The maximum atomic E-state index is 12.6. The second kappa shape index (κ2) is 8.07. The molecule has 1 saturated carbocycles. The van der Waals surface area contributed by atoms with Crippen LogP contribution < -0.4 is 10.1 Å². The molecule has 1 atom stereocenters. The number of ether oxygens (including phenoxy) is 1. The largest absolute Gasteiger partial charge is 0.480 e. The van der Waals surface area contributed by atoms with E-state index in [4.69, 9.17) is 4.74 Å². The summed E-state index contributed by atoms with van der Waals surface area (Å²) in [6, 6.07) is -0.440. The number of aliphatic hydroxyl groups excluding tert-OH is 1. The van der Waals surface area contributed by atoms with Crippen LogP contribution in [0, 0.1) is 0 Å². The van der Waals surface area contributed by atoms with Crippen LogP contribution in [0.15, 0.2) is 12.4 Å². The fraction of sp³-hybridized carbons (Fsp3) is 0.611. The average Bonchev–Trinajstić information content (AvgIpc) is 2.60. The van der Waals surface area contributed by atoms with Crippen molar-refractivity contribution in [2.24, 2.45) is 0 Å². The fourth-order valence-electron chi connectivity index (χ4n) is 3.48. The molecule has 2 heterocycles. The molecule has 6 nitrogen and oxygen atoms in total. The van der Waals surface area contributed by atoms with Gasteiger partial charge in [0.05, 0.1) is 24.1 Å². The highest BCUT2D eigenvalue weighted by molar-refractivity contribution is 5.86. The SMILES string of the molecule is COc1ncc(C2CCC(O)CC2)c2nc(N[C@@H](C)CC(F)F)ncc12. The number of hydrogen-bond acceptors (Lipinski definition) is 6. The highest BCUT2D eigenvalue weighted by Gasteiger charge is 2.24. The Balaban J connectivity index is 1.95. The topological polar surface area (TPSA) is 80.2 Å². The quantitative estimate of drug-likeness (QED) is 0.814.